The van der Waals surface area contributed by atoms with E-state index in [1.54, 1.807) is 19.3 Å². The highest BCUT2D eigenvalue weighted by Crippen LogP contribution is 2.31. The van der Waals surface area contributed by atoms with Gasteiger partial charge in [0.2, 0.25) is 0 Å². The number of rotatable bonds is 9. The van der Waals surface area contributed by atoms with Crippen LogP contribution in [0.3, 0.4) is 0 Å². The Hall–Kier alpha value is -3.56. The quantitative estimate of drug-likeness (QED) is 0.246. The fraction of sp³-hybridized carbons (Fsp3) is 0.379. The van der Waals surface area contributed by atoms with Crippen LogP contribution >= 0.6 is 0 Å². The lowest BCUT2D eigenvalue weighted by Gasteiger charge is -2.37. The Morgan fingerprint density at radius 1 is 1.05 bits per heavy atom. The first-order chi connectivity index (χ1) is 18.6. The summed E-state index contributed by atoms with van der Waals surface area (Å²) in [6.07, 6.45) is 6.12. The molecular weight excluding hydrogens is 481 g/mol. The molecule has 1 fully saturated rings. The molecule has 0 aliphatic carbocycles. The number of aromatic nitrogens is 1. The molecule has 1 saturated heterocycles. The number of carbonyl (C=O) groups is 1. The molecule has 3 aromatic rings. The van der Waals surface area contributed by atoms with Crippen molar-refractivity contribution >= 4 is 31.2 Å². The first-order valence-corrected chi connectivity index (χ1v) is 13.2. The molecule has 2 aliphatic rings. The number of pyridine rings is 1. The van der Waals surface area contributed by atoms with E-state index in [1.165, 1.54) is 11.6 Å². The smallest absolute Gasteiger partial charge is 0.251 e. The summed E-state index contributed by atoms with van der Waals surface area (Å²) in [4.78, 5) is 28.6. The molecule has 38 heavy (non-hydrogen) atoms. The van der Waals surface area contributed by atoms with Crippen LogP contribution in [-0.2, 0) is 17.9 Å². The molecule has 0 spiro atoms. The Balaban J connectivity index is 1.21. The van der Waals surface area contributed by atoms with Crippen LogP contribution in [0.25, 0.3) is 17.0 Å². The van der Waals surface area contributed by atoms with E-state index >= 15 is 0 Å². The summed E-state index contributed by atoms with van der Waals surface area (Å²) < 4.78 is 18.7. The first kappa shape index (κ1) is 26.1. The molecule has 2 aliphatic heterocycles. The number of allylic oxidation sites excluding steroid dienone is 1. The summed E-state index contributed by atoms with van der Waals surface area (Å²) in [6, 6.07) is 13.9. The molecule has 5 rings (SSSR count). The number of fused-ring (bicyclic) bond motifs is 2. The molecule has 9 heteroatoms. The summed E-state index contributed by atoms with van der Waals surface area (Å²) >= 11 is 0. The highest BCUT2D eigenvalue weighted by atomic mass is 16.6. The number of hydrogen-bond donors (Lipinski definition) is 0. The third-order valence-electron chi connectivity index (χ3n) is 7.56. The molecule has 8 nitrogen and oxygen atoms in total. The van der Waals surface area contributed by atoms with Gasteiger partial charge in [-0.3, -0.25) is 9.59 Å². The van der Waals surface area contributed by atoms with E-state index in [2.05, 4.69) is 29.8 Å². The summed E-state index contributed by atoms with van der Waals surface area (Å²) in [5, 5.41) is 0.919. The Bertz CT molecular complexity index is 1380. The standard InChI is InChI=1S/C29H34BN3O5/c1-36-24-18-22(3-2-14-34)25-5-7-29(35)32(26(25)19-24)13-12-31-10-8-23(9-11-31)33(30)20-21-4-6-27-28(17-21)38-16-15-37-27/h2-7,14,17-19,23H,8-13,15-16,20,30H2,1H3/b3-2+. The number of carbonyl (C=O) groups excluding carboxylic acids is 1. The summed E-state index contributed by atoms with van der Waals surface area (Å²) in [6.45, 7) is 5.45. The first-order valence-electron chi connectivity index (χ1n) is 13.2. The molecule has 0 saturated carbocycles. The number of piperidine rings is 1. The van der Waals surface area contributed by atoms with E-state index < -0.39 is 0 Å². The predicted molar refractivity (Wildman–Crippen MR) is 151 cm³/mol. The number of benzene rings is 2. The number of methoxy groups -OCH3 is 1. The highest BCUT2D eigenvalue weighted by molar-refractivity contribution is 6.04. The predicted octanol–water partition coefficient (Wildman–Crippen LogP) is 2.51. The summed E-state index contributed by atoms with van der Waals surface area (Å²) in [7, 11) is 3.80. The summed E-state index contributed by atoms with van der Waals surface area (Å²) in [5.41, 5.74) is 2.86. The van der Waals surface area contributed by atoms with E-state index in [0.29, 0.717) is 31.5 Å². The average Bonchev–Trinajstić information content (AvgIpc) is 2.95. The molecular formula is C29H34BN3O5. The minimum absolute atomic E-state index is 0.0369. The van der Waals surface area contributed by atoms with Gasteiger partial charge in [0, 0.05) is 43.2 Å². The Kier molecular flexibility index (Phi) is 8.15. The SMILES string of the molecule is BN(Cc1ccc2c(c1)OCCO2)C1CCN(CCn2c(=O)ccc3c(/C=C/C=O)cc(OC)cc32)CC1. The number of nitrogens with zero attached hydrogens (tertiary/aromatic N) is 3. The molecule has 0 N–H and O–H groups in total. The lowest BCUT2D eigenvalue weighted by Crippen LogP contribution is -2.44. The Morgan fingerprint density at radius 2 is 1.84 bits per heavy atom. The maximum Gasteiger partial charge on any atom is 0.251 e. The van der Waals surface area contributed by atoms with Gasteiger partial charge >= 0.3 is 0 Å². The second-order valence-electron chi connectivity index (χ2n) is 9.93. The van der Waals surface area contributed by atoms with Crippen molar-refractivity contribution in [2.24, 2.45) is 0 Å². The number of aldehydes is 1. The van der Waals surface area contributed by atoms with Crippen LogP contribution in [0, 0.1) is 0 Å². The molecule has 0 radical (unpaired) electrons. The van der Waals surface area contributed by atoms with E-state index in [0.717, 1.165) is 73.3 Å². The van der Waals surface area contributed by atoms with Crippen molar-refractivity contribution in [1.29, 1.82) is 0 Å². The third-order valence-corrected chi connectivity index (χ3v) is 7.56. The van der Waals surface area contributed by atoms with Crippen molar-refractivity contribution in [2.45, 2.75) is 32.0 Å². The maximum atomic E-state index is 12.8. The third kappa shape index (κ3) is 5.79. The number of ether oxygens (including phenoxy) is 3. The second-order valence-corrected chi connectivity index (χ2v) is 9.93. The molecule has 2 aromatic carbocycles. The van der Waals surface area contributed by atoms with Crippen molar-refractivity contribution in [3.63, 3.8) is 0 Å². The van der Waals surface area contributed by atoms with Crippen LogP contribution in [0.1, 0.15) is 24.0 Å². The van der Waals surface area contributed by atoms with Crippen LogP contribution in [-0.4, -0.2) is 74.5 Å². The zero-order chi connectivity index (χ0) is 26.5. The fourth-order valence-corrected chi connectivity index (χ4v) is 5.46. The van der Waals surface area contributed by atoms with Crippen molar-refractivity contribution < 1.29 is 19.0 Å². The van der Waals surface area contributed by atoms with Crippen LogP contribution in [0.4, 0.5) is 0 Å². The van der Waals surface area contributed by atoms with Crippen molar-refractivity contribution in [1.82, 2.24) is 14.3 Å². The van der Waals surface area contributed by atoms with Crippen molar-refractivity contribution in [3.05, 3.63) is 70.0 Å². The zero-order valence-electron chi connectivity index (χ0n) is 22.1. The van der Waals surface area contributed by atoms with Gasteiger partial charge in [0.15, 0.2) is 19.5 Å². The van der Waals surface area contributed by atoms with Crippen molar-refractivity contribution in [2.75, 3.05) is 40.0 Å². The lowest BCUT2D eigenvalue weighted by molar-refractivity contribution is -0.104. The molecule has 1 aromatic heterocycles. The minimum atomic E-state index is -0.0369. The summed E-state index contributed by atoms with van der Waals surface area (Å²) in [5.74, 6) is 2.32. The van der Waals surface area contributed by atoms with Gasteiger partial charge in [0.1, 0.15) is 25.2 Å². The second kappa shape index (κ2) is 11.9. The van der Waals surface area contributed by atoms with E-state index in [-0.39, 0.29) is 5.56 Å². The fourth-order valence-electron chi connectivity index (χ4n) is 5.46. The largest absolute Gasteiger partial charge is 0.497 e. The molecule has 0 bridgehead atoms. The molecule has 3 heterocycles. The molecule has 198 valence electrons. The van der Waals surface area contributed by atoms with Crippen LogP contribution in [0.5, 0.6) is 17.2 Å². The average molecular weight is 515 g/mol. The van der Waals surface area contributed by atoms with Gasteiger partial charge in [0.05, 0.1) is 12.6 Å². The molecule has 0 amide bonds. The Labute approximate surface area is 223 Å². The van der Waals surface area contributed by atoms with Crippen molar-refractivity contribution in [3.8, 4) is 17.2 Å². The number of hydrogen-bond acceptors (Lipinski definition) is 7. The van der Waals surface area contributed by atoms with E-state index in [9.17, 15) is 9.59 Å². The van der Waals surface area contributed by atoms with Gasteiger partial charge in [-0.05, 0) is 67.4 Å². The minimum Gasteiger partial charge on any atom is -0.497 e. The van der Waals surface area contributed by atoms with Crippen LogP contribution < -0.4 is 19.8 Å². The van der Waals surface area contributed by atoms with E-state index in [1.807, 2.05) is 28.8 Å². The number of likely N-dealkylation sites (tertiary alicyclic amines) is 1. The van der Waals surface area contributed by atoms with E-state index in [4.69, 9.17) is 14.2 Å². The zero-order valence-corrected chi connectivity index (χ0v) is 22.1. The monoisotopic (exact) mass is 515 g/mol. The van der Waals surface area contributed by atoms with Gasteiger partial charge in [0.25, 0.3) is 5.56 Å². The lowest BCUT2D eigenvalue weighted by atomic mass is 9.99. The van der Waals surface area contributed by atoms with Gasteiger partial charge in [-0.1, -0.05) is 12.1 Å². The normalized spacial score (nSPS) is 16.4. The van der Waals surface area contributed by atoms with Gasteiger partial charge in [-0.15, -0.1) is 0 Å². The van der Waals surface area contributed by atoms with Gasteiger partial charge < -0.3 is 28.5 Å². The molecule has 0 unspecified atom stereocenters. The maximum absolute atomic E-state index is 12.8. The topological polar surface area (TPSA) is 73.2 Å². The van der Waals surface area contributed by atoms with Gasteiger partial charge in [-0.25, -0.2) is 0 Å². The Morgan fingerprint density at radius 3 is 2.61 bits per heavy atom. The van der Waals surface area contributed by atoms with Crippen LogP contribution in [0.2, 0.25) is 0 Å². The molecule has 0 atom stereocenters. The highest BCUT2D eigenvalue weighted by Gasteiger charge is 2.23. The van der Waals surface area contributed by atoms with Gasteiger partial charge in [-0.2, -0.15) is 0 Å². The van der Waals surface area contributed by atoms with Crippen LogP contribution in [0.15, 0.2) is 53.3 Å².